The highest BCUT2D eigenvalue weighted by Crippen LogP contribution is 2.34. The van der Waals surface area contributed by atoms with Gasteiger partial charge in [0.2, 0.25) is 0 Å². The second-order valence-electron chi connectivity index (χ2n) is 9.13. The molecule has 0 spiro atoms. The van der Waals surface area contributed by atoms with Crippen molar-refractivity contribution in [1.29, 1.82) is 0 Å². The number of benzene rings is 2. The van der Waals surface area contributed by atoms with Crippen LogP contribution in [0.3, 0.4) is 0 Å². The standard InChI is InChI=1S/C26H29F3N4O/c1-16-14-17(8-13-23(16)33(2)3)25(34)31-19-11-9-18(10-12-19)30-22-15-24(26(27,28)29)32-21-7-5-4-6-20(21)22/h4-8,13-15,18-19H,9-12H2,1-3H3,(H,30,32)(H,31,34)/t18-,19+. The molecule has 1 aliphatic carbocycles. The third-order valence-electron chi connectivity index (χ3n) is 6.37. The highest BCUT2D eigenvalue weighted by atomic mass is 19.4. The number of nitrogens with one attached hydrogen (secondary N) is 2. The van der Waals surface area contributed by atoms with Gasteiger partial charge in [-0.2, -0.15) is 13.2 Å². The van der Waals surface area contributed by atoms with E-state index in [4.69, 9.17) is 0 Å². The van der Waals surface area contributed by atoms with Crippen LogP contribution in [0.1, 0.15) is 47.3 Å². The molecule has 2 N–H and O–H groups in total. The quantitative estimate of drug-likeness (QED) is 0.496. The van der Waals surface area contributed by atoms with Crippen LogP contribution in [0.15, 0.2) is 48.5 Å². The zero-order chi connectivity index (χ0) is 24.5. The van der Waals surface area contributed by atoms with Gasteiger partial charge in [0, 0.05) is 48.5 Å². The Morgan fingerprint density at radius 2 is 1.68 bits per heavy atom. The molecule has 0 aliphatic heterocycles. The molecule has 1 amide bonds. The maximum absolute atomic E-state index is 13.3. The molecule has 180 valence electrons. The Labute approximate surface area is 197 Å². The predicted octanol–water partition coefficient (Wildman–Crippen LogP) is 5.78. The number of anilines is 2. The maximum atomic E-state index is 13.3. The number of para-hydroxylation sites is 1. The number of alkyl halides is 3. The van der Waals surface area contributed by atoms with Crippen LogP contribution < -0.4 is 15.5 Å². The van der Waals surface area contributed by atoms with Crippen LogP contribution >= 0.6 is 0 Å². The molecule has 0 bridgehead atoms. The minimum absolute atomic E-state index is 0.0293. The van der Waals surface area contributed by atoms with Crippen molar-refractivity contribution in [2.75, 3.05) is 24.3 Å². The molecule has 4 rings (SSSR count). The molecule has 1 saturated carbocycles. The highest BCUT2D eigenvalue weighted by Gasteiger charge is 2.34. The first-order valence-electron chi connectivity index (χ1n) is 11.4. The van der Waals surface area contributed by atoms with Crippen LogP contribution in [-0.4, -0.2) is 37.1 Å². The number of carbonyl (C=O) groups is 1. The Balaban J connectivity index is 1.40. The van der Waals surface area contributed by atoms with E-state index in [0.29, 0.717) is 22.2 Å². The largest absolute Gasteiger partial charge is 0.433 e. The molecule has 0 radical (unpaired) electrons. The number of rotatable bonds is 5. The second kappa shape index (κ2) is 9.52. The zero-order valence-electron chi connectivity index (χ0n) is 19.5. The van der Waals surface area contributed by atoms with E-state index in [-0.39, 0.29) is 18.0 Å². The lowest BCUT2D eigenvalue weighted by Gasteiger charge is -2.31. The summed E-state index contributed by atoms with van der Waals surface area (Å²) in [5.41, 5.74) is 2.60. The first-order chi connectivity index (χ1) is 16.1. The number of hydrogen-bond donors (Lipinski definition) is 2. The van der Waals surface area contributed by atoms with Crippen molar-refractivity contribution < 1.29 is 18.0 Å². The lowest BCUT2D eigenvalue weighted by Crippen LogP contribution is -2.40. The maximum Gasteiger partial charge on any atom is 0.433 e. The molecule has 0 atom stereocenters. The number of pyridine rings is 1. The van der Waals surface area contributed by atoms with Crippen LogP contribution in [0.5, 0.6) is 0 Å². The van der Waals surface area contributed by atoms with Crippen molar-refractivity contribution >= 4 is 28.2 Å². The van der Waals surface area contributed by atoms with Crippen LogP contribution in [0.4, 0.5) is 24.5 Å². The lowest BCUT2D eigenvalue weighted by atomic mass is 9.90. The predicted molar refractivity (Wildman–Crippen MR) is 129 cm³/mol. The van der Waals surface area contributed by atoms with E-state index >= 15 is 0 Å². The summed E-state index contributed by atoms with van der Waals surface area (Å²) in [6.45, 7) is 1.98. The van der Waals surface area contributed by atoms with E-state index < -0.39 is 11.9 Å². The molecule has 0 unspecified atom stereocenters. The summed E-state index contributed by atoms with van der Waals surface area (Å²) in [5.74, 6) is -0.0974. The molecule has 8 heteroatoms. The first kappa shape index (κ1) is 23.9. The van der Waals surface area contributed by atoms with Gasteiger partial charge in [-0.05, 0) is 68.5 Å². The van der Waals surface area contributed by atoms with E-state index in [1.54, 1.807) is 24.3 Å². The summed E-state index contributed by atoms with van der Waals surface area (Å²) in [4.78, 5) is 18.5. The van der Waals surface area contributed by atoms with Crippen LogP contribution in [-0.2, 0) is 6.18 Å². The van der Waals surface area contributed by atoms with E-state index in [0.717, 1.165) is 43.0 Å². The molecule has 1 aliphatic rings. The number of fused-ring (bicyclic) bond motifs is 1. The SMILES string of the molecule is Cc1cc(C(=O)N[C@H]2CC[C@@H](Nc3cc(C(F)(F)F)nc4ccccc34)CC2)ccc1N(C)C. The van der Waals surface area contributed by atoms with Gasteiger partial charge in [-0.25, -0.2) is 4.98 Å². The Morgan fingerprint density at radius 1 is 1.00 bits per heavy atom. The summed E-state index contributed by atoms with van der Waals surface area (Å²) >= 11 is 0. The summed E-state index contributed by atoms with van der Waals surface area (Å²) in [6.07, 6.45) is -1.49. The average molecular weight is 471 g/mol. The third-order valence-corrected chi connectivity index (χ3v) is 6.37. The topological polar surface area (TPSA) is 57.3 Å². The van der Waals surface area contributed by atoms with Gasteiger partial charge in [0.1, 0.15) is 5.69 Å². The number of aryl methyl sites for hydroxylation is 1. The Morgan fingerprint density at radius 3 is 2.32 bits per heavy atom. The van der Waals surface area contributed by atoms with Crippen molar-refractivity contribution in [2.24, 2.45) is 0 Å². The number of carbonyl (C=O) groups excluding carboxylic acids is 1. The summed E-state index contributed by atoms with van der Waals surface area (Å²) in [5, 5.41) is 7.09. The monoisotopic (exact) mass is 470 g/mol. The molecule has 1 heterocycles. The van der Waals surface area contributed by atoms with Gasteiger partial charge < -0.3 is 15.5 Å². The van der Waals surface area contributed by atoms with Gasteiger partial charge in [0.05, 0.1) is 5.52 Å². The first-order valence-corrected chi connectivity index (χ1v) is 11.4. The van der Waals surface area contributed by atoms with Gasteiger partial charge in [0.25, 0.3) is 5.91 Å². The summed E-state index contributed by atoms with van der Waals surface area (Å²) in [7, 11) is 3.93. The Bertz CT molecular complexity index is 1180. The zero-order valence-corrected chi connectivity index (χ0v) is 19.5. The molecule has 3 aromatic rings. The van der Waals surface area contributed by atoms with Crippen LogP contribution in [0.2, 0.25) is 0 Å². The molecular formula is C26H29F3N4O. The molecule has 1 aromatic heterocycles. The molecule has 1 fully saturated rings. The number of amides is 1. The van der Waals surface area contributed by atoms with Crippen LogP contribution in [0.25, 0.3) is 10.9 Å². The molecular weight excluding hydrogens is 441 g/mol. The number of nitrogens with zero attached hydrogens (tertiary/aromatic N) is 2. The Hall–Kier alpha value is -3.29. The molecule has 34 heavy (non-hydrogen) atoms. The van der Waals surface area contributed by atoms with E-state index in [2.05, 4.69) is 15.6 Å². The molecule has 5 nitrogen and oxygen atoms in total. The number of halogens is 3. The second-order valence-corrected chi connectivity index (χ2v) is 9.13. The third kappa shape index (κ3) is 5.26. The van der Waals surface area contributed by atoms with Gasteiger partial charge in [-0.1, -0.05) is 18.2 Å². The molecule has 2 aromatic carbocycles. The lowest BCUT2D eigenvalue weighted by molar-refractivity contribution is -0.140. The normalized spacial score (nSPS) is 18.5. The van der Waals surface area contributed by atoms with Crippen molar-refractivity contribution in [3.63, 3.8) is 0 Å². The molecule has 0 saturated heterocycles. The van der Waals surface area contributed by atoms with Gasteiger partial charge >= 0.3 is 6.18 Å². The smallest absolute Gasteiger partial charge is 0.382 e. The fraction of sp³-hybridized carbons (Fsp3) is 0.385. The summed E-state index contributed by atoms with van der Waals surface area (Å²) < 4.78 is 40.0. The van der Waals surface area contributed by atoms with Crippen molar-refractivity contribution in [1.82, 2.24) is 10.3 Å². The van der Waals surface area contributed by atoms with Gasteiger partial charge in [0.15, 0.2) is 0 Å². The number of hydrogen-bond acceptors (Lipinski definition) is 4. The fourth-order valence-corrected chi connectivity index (χ4v) is 4.61. The average Bonchev–Trinajstić information content (AvgIpc) is 2.79. The van der Waals surface area contributed by atoms with Crippen molar-refractivity contribution in [3.05, 3.63) is 65.4 Å². The van der Waals surface area contributed by atoms with Gasteiger partial charge in [-0.3, -0.25) is 4.79 Å². The minimum Gasteiger partial charge on any atom is -0.382 e. The van der Waals surface area contributed by atoms with Crippen molar-refractivity contribution in [2.45, 2.75) is 50.9 Å². The fourth-order valence-electron chi connectivity index (χ4n) is 4.61. The van der Waals surface area contributed by atoms with Gasteiger partial charge in [-0.15, -0.1) is 0 Å². The van der Waals surface area contributed by atoms with Crippen LogP contribution in [0, 0.1) is 6.92 Å². The number of aromatic nitrogens is 1. The Kier molecular flexibility index (Phi) is 6.68. The highest BCUT2D eigenvalue weighted by molar-refractivity contribution is 5.95. The van der Waals surface area contributed by atoms with E-state index in [1.165, 1.54) is 0 Å². The minimum atomic E-state index is -4.51. The summed E-state index contributed by atoms with van der Waals surface area (Å²) in [6, 6.07) is 13.7. The van der Waals surface area contributed by atoms with Crippen molar-refractivity contribution in [3.8, 4) is 0 Å². The van der Waals surface area contributed by atoms with E-state index in [1.807, 2.05) is 44.1 Å². The van der Waals surface area contributed by atoms with E-state index in [9.17, 15) is 18.0 Å².